The van der Waals surface area contributed by atoms with Crippen LogP contribution in [0.4, 0.5) is 5.69 Å². The van der Waals surface area contributed by atoms with Crippen molar-refractivity contribution < 1.29 is 9.52 Å². The van der Waals surface area contributed by atoms with E-state index in [4.69, 9.17) is 16.6 Å². The molecule has 0 unspecified atom stereocenters. The van der Waals surface area contributed by atoms with Crippen LogP contribution in [0.15, 0.2) is 64.7 Å². The Labute approximate surface area is 163 Å². The maximum atomic E-state index is 10.4. The lowest BCUT2D eigenvalue weighted by molar-refractivity contribution is 0.407. The van der Waals surface area contributed by atoms with Gasteiger partial charge >= 0.3 is 0 Å². The Balaban J connectivity index is 1.48. The van der Waals surface area contributed by atoms with Gasteiger partial charge in [0.05, 0.1) is 31.3 Å². The lowest BCUT2D eigenvalue weighted by Gasteiger charge is -2.02. The molecule has 0 amide bonds. The molecule has 4 rings (SSSR count). The predicted molar refractivity (Wildman–Crippen MR) is 105 cm³/mol. The van der Waals surface area contributed by atoms with Crippen molar-refractivity contribution in [3.8, 4) is 5.88 Å². The lowest BCUT2D eigenvalue weighted by Crippen LogP contribution is -1.99. The average molecular weight is 397 g/mol. The molecule has 0 aliphatic heterocycles. The molecule has 0 fully saturated rings. The van der Waals surface area contributed by atoms with Crippen molar-refractivity contribution in [2.45, 2.75) is 13.1 Å². The number of thiazole rings is 1. The zero-order valence-corrected chi connectivity index (χ0v) is 15.7. The van der Waals surface area contributed by atoms with Gasteiger partial charge in [0.15, 0.2) is 3.95 Å². The van der Waals surface area contributed by atoms with E-state index in [9.17, 15) is 5.11 Å². The molecule has 1 N–H and O–H groups in total. The van der Waals surface area contributed by atoms with E-state index < -0.39 is 0 Å². The quantitative estimate of drug-likeness (QED) is 0.393. The van der Waals surface area contributed by atoms with E-state index in [2.05, 4.69) is 15.1 Å². The number of aromatic hydroxyl groups is 1. The summed E-state index contributed by atoms with van der Waals surface area (Å²) in [5, 5.41) is 14.5. The molecular formula is C18H15N5O2S2. The highest BCUT2D eigenvalue weighted by atomic mass is 32.1. The summed E-state index contributed by atoms with van der Waals surface area (Å²) >= 11 is 6.65. The fraction of sp³-hybridized carbons (Fsp3) is 0.111. The summed E-state index contributed by atoms with van der Waals surface area (Å²) in [6.07, 6.45) is 6.41. The van der Waals surface area contributed by atoms with E-state index in [0.717, 1.165) is 17.0 Å². The average Bonchev–Trinajstić information content (AvgIpc) is 3.41. The first kappa shape index (κ1) is 17.4. The maximum absolute atomic E-state index is 10.4. The van der Waals surface area contributed by atoms with Crippen LogP contribution in [-0.4, -0.2) is 30.7 Å². The van der Waals surface area contributed by atoms with Gasteiger partial charge in [0.2, 0.25) is 5.88 Å². The van der Waals surface area contributed by atoms with Gasteiger partial charge < -0.3 is 9.52 Å². The van der Waals surface area contributed by atoms with Crippen molar-refractivity contribution in [3.05, 3.63) is 75.5 Å². The first-order valence-corrected chi connectivity index (χ1v) is 9.32. The van der Waals surface area contributed by atoms with Gasteiger partial charge in [0.1, 0.15) is 23.3 Å². The molecule has 7 nitrogen and oxygen atoms in total. The fourth-order valence-electron chi connectivity index (χ4n) is 2.52. The molecule has 27 heavy (non-hydrogen) atoms. The second kappa shape index (κ2) is 7.68. The van der Waals surface area contributed by atoms with E-state index in [-0.39, 0.29) is 5.88 Å². The van der Waals surface area contributed by atoms with Gasteiger partial charge in [-0.1, -0.05) is 23.5 Å². The van der Waals surface area contributed by atoms with Crippen molar-refractivity contribution in [2.24, 2.45) is 4.99 Å². The van der Waals surface area contributed by atoms with Crippen molar-refractivity contribution in [3.63, 3.8) is 0 Å². The zero-order valence-electron chi connectivity index (χ0n) is 14.1. The first-order valence-electron chi connectivity index (χ1n) is 8.09. The molecule has 4 aromatic rings. The monoisotopic (exact) mass is 397 g/mol. The second-order valence-corrected chi connectivity index (χ2v) is 7.41. The number of rotatable bonds is 6. The topological polar surface area (TPSA) is 81.4 Å². The Morgan fingerprint density at radius 3 is 2.78 bits per heavy atom. The highest BCUT2D eigenvalue weighted by Gasteiger charge is 2.11. The minimum absolute atomic E-state index is 0.0907. The molecule has 3 heterocycles. The molecule has 0 saturated heterocycles. The number of hydrogen-bond acceptors (Lipinski definition) is 7. The highest BCUT2D eigenvalue weighted by Crippen LogP contribution is 2.26. The van der Waals surface area contributed by atoms with Crippen molar-refractivity contribution in [2.75, 3.05) is 0 Å². The number of aliphatic imine (C=N–C) groups is 1. The molecule has 0 bridgehead atoms. The van der Waals surface area contributed by atoms with Crippen LogP contribution in [-0.2, 0) is 13.1 Å². The Hall–Kier alpha value is -3.04. The van der Waals surface area contributed by atoms with Gasteiger partial charge in [-0.05, 0) is 42.0 Å². The normalized spacial score (nSPS) is 11.4. The standard InChI is InChI=1S/C18H15N5O2S2/c24-17-16(27-18(26)23(17)10-15-2-1-7-25-15)8-20-14-5-3-13(4-6-14)9-22-12-19-11-21-22/h1-8,11-12,24H,9-10H2. The van der Waals surface area contributed by atoms with Crippen LogP contribution in [0.1, 0.15) is 16.2 Å². The molecule has 3 aromatic heterocycles. The fourth-order valence-corrected chi connectivity index (χ4v) is 3.69. The number of aromatic nitrogens is 4. The van der Waals surface area contributed by atoms with Gasteiger partial charge in [0, 0.05) is 0 Å². The third-order valence-electron chi connectivity index (χ3n) is 3.87. The SMILES string of the molecule is Oc1c(C=Nc2ccc(Cn3cncn3)cc2)sc(=S)n1Cc1ccco1. The van der Waals surface area contributed by atoms with Crippen molar-refractivity contribution in [1.82, 2.24) is 19.3 Å². The predicted octanol–water partition coefficient (Wildman–Crippen LogP) is 4.02. The van der Waals surface area contributed by atoms with Crippen LogP contribution < -0.4 is 0 Å². The molecule has 1 aromatic carbocycles. The maximum Gasteiger partial charge on any atom is 0.212 e. The highest BCUT2D eigenvalue weighted by molar-refractivity contribution is 7.73. The van der Waals surface area contributed by atoms with Crippen LogP contribution in [0.2, 0.25) is 0 Å². The molecule has 0 aliphatic carbocycles. The zero-order chi connectivity index (χ0) is 18.6. The van der Waals surface area contributed by atoms with E-state index in [0.29, 0.717) is 21.9 Å². The Kier molecular flexibility index (Phi) is 4.95. The number of nitrogens with zero attached hydrogens (tertiary/aromatic N) is 5. The number of benzene rings is 1. The summed E-state index contributed by atoms with van der Waals surface area (Å²) in [7, 11) is 0. The van der Waals surface area contributed by atoms with E-state index >= 15 is 0 Å². The third kappa shape index (κ3) is 4.04. The van der Waals surface area contributed by atoms with Gasteiger partial charge in [-0.3, -0.25) is 9.56 Å². The molecule has 0 aliphatic rings. The lowest BCUT2D eigenvalue weighted by atomic mass is 10.2. The van der Waals surface area contributed by atoms with Gasteiger partial charge in [-0.25, -0.2) is 9.67 Å². The second-order valence-electron chi connectivity index (χ2n) is 5.74. The molecular weight excluding hydrogens is 382 g/mol. The smallest absolute Gasteiger partial charge is 0.212 e. The summed E-state index contributed by atoms with van der Waals surface area (Å²) in [4.78, 5) is 8.97. The third-order valence-corrected chi connectivity index (χ3v) is 5.24. The minimum Gasteiger partial charge on any atom is -0.493 e. The number of hydrogen-bond donors (Lipinski definition) is 1. The van der Waals surface area contributed by atoms with Gasteiger partial charge in [0.25, 0.3) is 0 Å². The molecule has 0 spiro atoms. The van der Waals surface area contributed by atoms with Gasteiger partial charge in [-0.2, -0.15) is 5.10 Å². The molecule has 136 valence electrons. The largest absolute Gasteiger partial charge is 0.493 e. The van der Waals surface area contributed by atoms with Crippen LogP contribution in [0.3, 0.4) is 0 Å². The summed E-state index contributed by atoms with van der Waals surface area (Å²) in [6.45, 7) is 1.04. The molecule has 0 saturated carbocycles. The van der Waals surface area contributed by atoms with Crippen LogP contribution in [0.5, 0.6) is 5.88 Å². The van der Waals surface area contributed by atoms with Crippen LogP contribution >= 0.6 is 23.6 Å². The number of furan rings is 1. The Morgan fingerprint density at radius 2 is 2.07 bits per heavy atom. The van der Waals surface area contributed by atoms with E-state index in [1.54, 1.807) is 34.1 Å². The van der Waals surface area contributed by atoms with Crippen molar-refractivity contribution in [1.29, 1.82) is 0 Å². The summed E-state index contributed by atoms with van der Waals surface area (Å²) in [5.41, 5.74) is 1.89. The van der Waals surface area contributed by atoms with Gasteiger partial charge in [-0.15, -0.1) is 0 Å². The van der Waals surface area contributed by atoms with Crippen molar-refractivity contribution >= 4 is 35.5 Å². The van der Waals surface area contributed by atoms with E-state index in [1.807, 2.05) is 30.3 Å². The van der Waals surface area contributed by atoms with Crippen LogP contribution in [0.25, 0.3) is 0 Å². The summed E-state index contributed by atoms with van der Waals surface area (Å²) < 4.78 is 9.26. The molecule has 0 atom stereocenters. The first-order chi connectivity index (χ1) is 13.2. The molecule has 0 radical (unpaired) electrons. The Morgan fingerprint density at radius 1 is 1.22 bits per heavy atom. The summed E-state index contributed by atoms with van der Waals surface area (Å²) in [5.74, 6) is 0.818. The molecule has 9 heteroatoms. The minimum atomic E-state index is 0.0907. The van der Waals surface area contributed by atoms with Crippen LogP contribution in [0, 0.1) is 3.95 Å². The summed E-state index contributed by atoms with van der Waals surface area (Å²) in [6, 6.07) is 11.4. The van der Waals surface area contributed by atoms with E-state index in [1.165, 1.54) is 17.7 Å². The Bertz CT molecular complexity index is 1090.